The summed E-state index contributed by atoms with van der Waals surface area (Å²) >= 11 is 12.5. The summed E-state index contributed by atoms with van der Waals surface area (Å²) in [5, 5.41) is 10.1. The Morgan fingerprint density at radius 3 is 2.19 bits per heavy atom. The van der Waals surface area contributed by atoms with E-state index in [1.54, 1.807) is 12.1 Å². The lowest BCUT2D eigenvalue weighted by molar-refractivity contribution is -0.130. The Hall–Kier alpha value is -4.66. The second kappa shape index (κ2) is 15.5. The fraction of sp³-hybridized carbons (Fsp3) is 0.179. The van der Waals surface area contributed by atoms with Gasteiger partial charge in [0, 0.05) is 41.6 Å². The highest BCUT2D eigenvalue weighted by molar-refractivity contribution is 6.35. The van der Waals surface area contributed by atoms with Gasteiger partial charge in [-0.3, -0.25) is 10.2 Å². The monoisotopic (exact) mass is 679 g/mol. The van der Waals surface area contributed by atoms with Crippen molar-refractivity contribution >= 4 is 35.0 Å². The molecule has 0 aliphatic carbocycles. The van der Waals surface area contributed by atoms with Crippen LogP contribution in [-0.4, -0.2) is 35.7 Å². The van der Waals surface area contributed by atoms with Crippen molar-refractivity contribution in [2.45, 2.75) is 31.0 Å². The molecule has 0 saturated heterocycles. The fourth-order valence-corrected chi connectivity index (χ4v) is 6.14. The molecule has 0 aromatic heterocycles. The highest BCUT2D eigenvalue weighted by atomic mass is 35.5. The molecule has 1 amide bonds. The molecule has 0 saturated carbocycles. The summed E-state index contributed by atoms with van der Waals surface area (Å²) < 4.78 is 12.4. The van der Waals surface area contributed by atoms with Crippen LogP contribution in [0.25, 0.3) is 11.1 Å². The van der Waals surface area contributed by atoms with E-state index >= 15 is 0 Å². The first kappa shape index (κ1) is 33.2. The molecular formula is C39H35Cl2N3O4. The molecule has 1 aliphatic rings. The predicted molar refractivity (Wildman–Crippen MR) is 190 cm³/mol. The Morgan fingerprint density at radius 1 is 0.833 bits per heavy atom. The quantitative estimate of drug-likeness (QED) is 0.0875. The molecule has 0 fully saturated rings. The minimum Gasteiger partial charge on any atom is -0.494 e. The average Bonchev–Trinajstić information content (AvgIpc) is 3.50. The second-order valence-corrected chi connectivity index (χ2v) is 12.3. The molecule has 5 aromatic rings. The van der Waals surface area contributed by atoms with Crippen molar-refractivity contribution in [1.82, 2.24) is 10.9 Å². The van der Waals surface area contributed by atoms with Gasteiger partial charge in [-0.15, -0.1) is 0 Å². The van der Waals surface area contributed by atoms with Crippen LogP contribution in [0.15, 0.2) is 132 Å². The van der Waals surface area contributed by atoms with E-state index in [9.17, 15) is 4.79 Å². The first-order valence-corrected chi connectivity index (χ1v) is 16.5. The fourth-order valence-electron chi connectivity index (χ4n) is 5.66. The maximum absolute atomic E-state index is 14.5. The number of hydrogen-bond donors (Lipinski definition) is 3. The molecule has 48 heavy (non-hydrogen) atoms. The minimum absolute atomic E-state index is 0.0591. The molecule has 2 atom stereocenters. The zero-order chi connectivity index (χ0) is 33.3. The van der Waals surface area contributed by atoms with Crippen molar-refractivity contribution in [3.63, 3.8) is 0 Å². The van der Waals surface area contributed by atoms with Crippen LogP contribution in [0.5, 0.6) is 5.75 Å². The van der Waals surface area contributed by atoms with Crippen molar-refractivity contribution in [2.24, 2.45) is 4.99 Å². The lowest BCUT2D eigenvalue weighted by atomic mass is 9.82. The van der Waals surface area contributed by atoms with E-state index in [1.165, 1.54) is 0 Å². The van der Waals surface area contributed by atoms with Crippen LogP contribution in [0, 0.1) is 0 Å². The number of aliphatic hydroxyl groups excluding tert-OH is 1. The first-order chi connectivity index (χ1) is 23.4. The van der Waals surface area contributed by atoms with Crippen molar-refractivity contribution in [3.8, 4) is 16.9 Å². The van der Waals surface area contributed by atoms with E-state index in [1.807, 2.05) is 103 Å². The predicted octanol–water partition coefficient (Wildman–Crippen LogP) is 7.74. The standard InChI is InChI=1S/C39H35Cl2N3O4/c40-33-19-16-32(35(41)24-33)26-42-44-38(46)39(25-27-8-3-1-4-9-27)36(30-14-12-29(13-15-30)28-10-5-2-6-11-28)48-37(43-39)31-17-20-34(21-18-31)47-23-7-22-45/h1-6,8-21,24,36,42,45H,7,22-23,25-26H2,(H,44,46)/t36-,39-/m0/s1. The SMILES string of the molecule is O=C(NNCc1ccc(Cl)cc1Cl)[C@@]1(Cc2ccccc2)N=C(c2ccc(OCCCO)cc2)O[C@H]1c1ccc(-c2ccccc2)cc1. The van der Waals surface area contributed by atoms with Gasteiger partial charge >= 0.3 is 0 Å². The summed E-state index contributed by atoms with van der Waals surface area (Å²) in [6, 6.07) is 40.6. The maximum atomic E-state index is 14.5. The molecular weight excluding hydrogens is 645 g/mol. The number of nitrogens with one attached hydrogen (secondary N) is 2. The molecule has 7 nitrogen and oxygen atoms in total. The number of amides is 1. The summed E-state index contributed by atoms with van der Waals surface area (Å²) in [5.74, 6) is 0.658. The third-order valence-electron chi connectivity index (χ3n) is 8.16. The number of rotatable bonds is 13. The molecule has 0 bridgehead atoms. The highest BCUT2D eigenvalue weighted by Gasteiger charge is 2.53. The van der Waals surface area contributed by atoms with E-state index in [4.69, 9.17) is 42.8 Å². The lowest BCUT2D eigenvalue weighted by Crippen LogP contribution is -2.53. The second-order valence-electron chi connectivity index (χ2n) is 11.5. The average molecular weight is 681 g/mol. The van der Waals surface area contributed by atoms with Crippen LogP contribution in [0.3, 0.4) is 0 Å². The molecule has 3 N–H and O–H groups in total. The Balaban J connectivity index is 1.36. The summed E-state index contributed by atoms with van der Waals surface area (Å²) in [5.41, 5.74) is 9.96. The van der Waals surface area contributed by atoms with Crippen molar-refractivity contribution in [2.75, 3.05) is 13.2 Å². The van der Waals surface area contributed by atoms with Gasteiger partial charge in [0.25, 0.3) is 5.91 Å². The largest absolute Gasteiger partial charge is 0.494 e. The van der Waals surface area contributed by atoms with Crippen molar-refractivity contribution in [1.29, 1.82) is 0 Å². The van der Waals surface area contributed by atoms with Gasteiger partial charge in [0.1, 0.15) is 5.75 Å². The van der Waals surface area contributed by atoms with Gasteiger partial charge in [-0.05, 0) is 64.2 Å². The maximum Gasteiger partial charge on any atom is 0.266 e. The third-order valence-corrected chi connectivity index (χ3v) is 8.75. The zero-order valence-corrected chi connectivity index (χ0v) is 27.6. The number of carbonyl (C=O) groups excluding carboxylic acids is 1. The van der Waals surface area contributed by atoms with Gasteiger partial charge in [-0.1, -0.05) is 114 Å². The molecule has 5 aromatic carbocycles. The molecule has 244 valence electrons. The minimum atomic E-state index is -1.38. The summed E-state index contributed by atoms with van der Waals surface area (Å²) in [6.45, 7) is 0.737. The van der Waals surface area contributed by atoms with Crippen LogP contribution >= 0.6 is 23.2 Å². The molecule has 9 heteroatoms. The number of hydrogen-bond acceptors (Lipinski definition) is 6. The number of carbonyl (C=O) groups is 1. The number of aliphatic hydroxyl groups is 1. The first-order valence-electron chi connectivity index (χ1n) is 15.7. The van der Waals surface area contributed by atoms with Crippen LogP contribution in [0.4, 0.5) is 0 Å². The van der Waals surface area contributed by atoms with Crippen LogP contribution < -0.4 is 15.6 Å². The highest BCUT2D eigenvalue weighted by Crippen LogP contribution is 2.43. The van der Waals surface area contributed by atoms with Gasteiger partial charge in [0.05, 0.1) is 6.61 Å². The van der Waals surface area contributed by atoms with Crippen molar-refractivity contribution < 1.29 is 19.4 Å². The number of nitrogens with zero attached hydrogens (tertiary/aromatic N) is 1. The van der Waals surface area contributed by atoms with Gasteiger partial charge in [0.15, 0.2) is 11.6 Å². The zero-order valence-electron chi connectivity index (χ0n) is 26.1. The van der Waals surface area contributed by atoms with Gasteiger partial charge in [-0.25, -0.2) is 10.4 Å². The summed E-state index contributed by atoms with van der Waals surface area (Å²) in [7, 11) is 0. The Bertz CT molecular complexity index is 1850. The summed E-state index contributed by atoms with van der Waals surface area (Å²) in [6.07, 6.45) is 0.0662. The summed E-state index contributed by atoms with van der Waals surface area (Å²) in [4.78, 5) is 19.6. The van der Waals surface area contributed by atoms with E-state index in [-0.39, 0.29) is 25.5 Å². The Labute approximate surface area is 290 Å². The van der Waals surface area contributed by atoms with Gasteiger partial charge in [0.2, 0.25) is 5.90 Å². The van der Waals surface area contributed by atoms with Gasteiger partial charge < -0.3 is 14.6 Å². The molecule has 0 radical (unpaired) electrons. The Morgan fingerprint density at radius 2 is 1.50 bits per heavy atom. The molecule has 0 spiro atoms. The van der Waals surface area contributed by atoms with Gasteiger partial charge in [-0.2, -0.15) is 0 Å². The number of aliphatic imine (C=N–C) groups is 1. The van der Waals surface area contributed by atoms with Crippen LogP contribution in [-0.2, 0) is 22.5 Å². The number of benzene rings is 5. The molecule has 1 heterocycles. The molecule has 0 unspecified atom stereocenters. The van der Waals surface area contributed by atoms with E-state index < -0.39 is 11.6 Å². The van der Waals surface area contributed by atoms with Crippen molar-refractivity contribution in [3.05, 3.63) is 160 Å². The molecule has 6 rings (SSSR count). The smallest absolute Gasteiger partial charge is 0.266 e. The number of ether oxygens (including phenoxy) is 2. The normalized spacial score (nSPS) is 17.0. The van der Waals surface area contributed by atoms with E-state index in [2.05, 4.69) is 23.0 Å². The van der Waals surface area contributed by atoms with E-state index in [0.29, 0.717) is 40.3 Å². The third kappa shape index (κ3) is 7.72. The van der Waals surface area contributed by atoms with Crippen LogP contribution in [0.2, 0.25) is 10.0 Å². The number of hydrazine groups is 1. The van der Waals surface area contributed by atoms with E-state index in [0.717, 1.165) is 27.8 Å². The molecule has 1 aliphatic heterocycles. The Kier molecular flexibility index (Phi) is 10.7. The number of halogens is 2. The van der Waals surface area contributed by atoms with Crippen LogP contribution in [0.1, 0.15) is 34.8 Å². The lowest BCUT2D eigenvalue weighted by Gasteiger charge is -2.31. The topological polar surface area (TPSA) is 92.2 Å².